The Morgan fingerprint density at radius 2 is 2.00 bits per heavy atom. The standard InChI is InChI=1S/C11H8FNO4S2/c12-8-3-1-2-4-9(8)13-19(16,17)10-5-7(6-18-10)11(14)15/h1-6,13H,(H,14,15). The Morgan fingerprint density at radius 3 is 2.58 bits per heavy atom. The first-order chi connectivity index (χ1) is 8.90. The van der Waals surface area contributed by atoms with Crippen molar-refractivity contribution in [3.63, 3.8) is 0 Å². The SMILES string of the molecule is O=C(O)c1csc(S(=O)(=O)Nc2ccccc2F)c1. The highest BCUT2D eigenvalue weighted by atomic mass is 32.2. The predicted molar refractivity (Wildman–Crippen MR) is 68.5 cm³/mol. The lowest BCUT2D eigenvalue weighted by atomic mass is 10.3. The smallest absolute Gasteiger partial charge is 0.336 e. The van der Waals surface area contributed by atoms with Gasteiger partial charge in [-0.1, -0.05) is 12.1 Å². The van der Waals surface area contributed by atoms with E-state index in [1.165, 1.54) is 23.6 Å². The van der Waals surface area contributed by atoms with E-state index in [0.29, 0.717) is 0 Å². The van der Waals surface area contributed by atoms with Crippen LogP contribution in [0.5, 0.6) is 0 Å². The maximum atomic E-state index is 13.4. The summed E-state index contributed by atoms with van der Waals surface area (Å²) < 4.78 is 39.1. The summed E-state index contributed by atoms with van der Waals surface area (Å²) in [5.41, 5.74) is -0.313. The topological polar surface area (TPSA) is 83.5 Å². The van der Waals surface area contributed by atoms with Gasteiger partial charge in [-0.2, -0.15) is 0 Å². The normalized spacial score (nSPS) is 11.2. The molecule has 0 fully saturated rings. The Morgan fingerprint density at radius 1 is 1.32 bits per heavy atom. The number of halogens is 1. The highest BCUT2D eigenvalue weighted by molar-refractivity contribution is 7.94. The minimum absolute atomic E-state index is 0.126. The van der Waals surface area contributed by atoms with Crippen molar-refractivity contribution in [2.45, 2.75) is 4.21 Å². The molecule has 0 aliphatic heterocycles. The second-order valence-corrected chi connectivity index (χ2v) is 6.37. The number of anilines is 1. The van der Waals surface area contributed by atoms with Gasteiger partial charge in [0.25, 0.3) is 10.0 Å². The minimum Gasteiger partial charge on any atom is -0.478 e. The van der Waals surface area contributed by atoms with Gasteiger partial charge in [0.1, 0.15) is 10.0 Å². The molecule has 0 saturated heterocycles. The fourth-order valence-corrected chi connectivity index (χ4v) is 3.53. The number of thiophene rings is 1. The van der Waals surface area contributed by atoms with E-state index in [4.69, 9.17) is 5.11 Å². The quantitative estimate of drug-likeness (QED) is 0.908. The van der Waals surface area contributed by atoms with Gasteiger partial charge in [0, 0.05) is 5.38 Å². The number of rotatable bonds is 4. The Labute approximate surface area is 112 Å². The van der Waals surface area contributed by atoms with Crippen LogP contribution in [0.1, 0.15) is 10.4 Å². The third-order valence-electron chi connectivity index (χ3n) is 2.21. The molecule has 2 rings (SSSR count). The largest absolute Gasteiger partial charge is 0.478 e. The zero-order valence-corrected chi connectivity index (χ0v) is 11.0. The van der Waals surface area contributed by atoms with E-state index in [1.54, 1.807) is 0 Å². The number of para-hydroxylation sites is 1. The average molecular weight is 301 g/mol. The molecule has 0 aliphatic rings. The number of carboxylic acid groups (broad SMARTS) is 1. The maximum absolute atomic E-state index is 13.4. The summed E-state index contributed by atoms with van der Waals surface area (Å²) in [6.07, 6.45) is 0. The van der Waals surface area contributed by atoms with Gasteiger partial charge in [0.15, 0.2) is 0 Å². The summed E-state index contributed by atoms with van der Waals surface area (Å²) in [5.74, 6) is -1.93. The molecule has 1 aromatic heterocycles. The molecule has 8 heteroatoms. The van der Waals surface area contributed by atoms with E-state index >= 15 is 0 Å². The first kappa shape index (κ1) is 13.5. The van der Waals surface area contributed by atoms with Crippen molar-refractivity contribution in [1.82, 2.24) is 0 Å². The molecule has 19 heavy (non-hydrogen) atoms. The lowest BCUT2D eigenvalue weighted by Crippen LogP contribution is -2.12. The number of carbonyl (C=O) groups is 1. The van der Waals surface area contributed by atoms with E-state index in [-0.39, 0.29) is 15.5 Å². The van der Waals surface area contributed by atoms with E-state index in [9.17, 15) is 17.6 Å². The summed E-state index contributed by atoms with van der Waals surface area (Å²) in [7, 11) is -3.98. The van der Waals surface area contributed by atoms with Crippen LogP contribution in [0.2, 0.25) is 0 Å². The van der Waals surface area contributed by atoms with Crippen LogP contribution in [0.3, 0.4) is 0 Å². The second kappa shape index (κ2) is 4.98. The zero-order chi connectivity index (χ0) is 14.0. The van der Waals surface area contributed by atoms with Crippen molar-refractivity contribution in [1.29, 1.82) is 0 Å². The van der Waals surface area contributed by atoms with Crippen LogP contribution in [-0.2, 0) is 10.0 Å². The van der Waals surface area contributed by atoms with Crippen LogP contribution in [-0.4, -0.2) is 19.5 Å². The van der Waals surface area contributed by atoms with E-state index in [1.807, 2.05) is 0 Å². The van der Waals surface area contributed by atoms with Crippen molar-refractivity contribution in [3.8, 4) is 0 Å². The molecule has 0 atom stereocenters. The highest BCUT2D eigenvalue weighted by Gasteiger charge is 2.20. The van der Waals surface area contributed by atoms with E-state index in [0.717, 1.165) is 23.5 Å². The number of sulfonamides is 1. The Bertz CT molecular complexity index is 724. The number of hydrogen-bond donors (Lipinski definition) is 2. The predicted octanol–water partition coefficient (Wildman–Crippen LogP) is 2.39. The van der Waals surface area contributed by atoms with Crippen molar-refractivity contribution in [3.05, 3.63) is 47.1 Å². The summed E-state index contributed by atoms with van der Waals surface area (Å²) in [6.45, 7) is 0. The minimum atomic E-state index is -3.98. The third-order valence-corrected chi connectivity index (χ3v) is 5.01. The highest BCUT2D eigenvalue weighted by Crippen LogP contribution is 2.24. The van der Waals surface area contributed by atoms with Gasteiger partial charge in [-0.25, -0.2) is 17.6 Å². The fraction of sp³-hybridized carbons (Fsp3) is 0. The van der Waals surface area contributed by atoms with Crippen LogP contribution in [0.25, 0.3) is 0 Å². The molecule has 0 radical (unpaired) electrons. The summed E-state index contributed by atoms with van der Waals surface area (Å²) in [6, 6.07) is 6.34. The maximum Gasteiger partial charge on any atom is 0.336 e. The Hall–Kier alpha value is -1.93. The summed E-state index contributed by atoms with van der Waals surface area (Å²) >= 11 is 0.756. The molecular weight excluding hydrogens is 293 g/mol. The van der Waals surface area contributed by atoms with Gasteiger partial charge < -0.3 is 5.11 Å². The average Bonchev–Trinajstić information content (AvgIpc) is 2.82. The molecule has 0 amide bonds. The zero-order valence-electron chi connectivity index (χ0n) is 9.33. The molecule has 1 heterocycles. The number of carboxylic acids is 1. The van der Waals surface area contributed by atoms with Gasteiger partial charge in [0.2, 0.25) is 0 Å². The van der Waals surface area contributed by atoms with Crippen LogP contribution >= 0.6 is 11.3 Å². The Kier molecular flexibility index (Phi) is 3.54. The van der Waals surface area contributed by atoms with E-state index < -0.39 is 21.8 Å². The molecule has 0 spiro atoms. The lowest BCUT2D eigenvalue weighted by Gasteiger charge is -2.06. The van der Waals surface area contributed by atoms with Crippen molar-refractivity contribution < 1.29 is 22.7 Å². The Balaban J connectivity index is 2.32. The molecule has 0 saturated carbocycles. The second-order valence-electron chi connectivity index (χ2n) is 3.54. The van der Waals surface area contributed by atoms with Gasteiger partial charge in [-0.15, -0.1) is 11.3 Å². The summed E-state index contributed by atoms with van der Waals surface area (Å²) in [5, 5.41) is 9.94. The lowest BCUT2D eigenvalue weighted by molar-refractivity contribution is 0.0697. The van der Waals surface area contributed by atoms with Gasteiger partial charge in [-0.05, 0) is 18.2 Å². The molecular formula is C11H8FNO4S2. The molecule has 2 N–H and O–H groups in total. The number of benzene rings is 1. The van der Waals surface area contributed by atoms with Crippen molar-refractivity contribution in [2.75, 3.05) is 4.72 Å². The van der Waals surface area contributed by atoms with Crippen LogP contribution in [0.15, 0.2) is 39.9 Å². The molecule has 100 valence electrons. The third kappa shape index (κ3) is 2.91. The van der Waals surface area contributed by atoms with Crippen LogP contribution < -0.4 is 4.72 Å². The molecule has 0 aliphatic carbocycles. The molecule has 0 bridgehead atoms. The molecule has 2 aromatic rings. The van der Waals surface area contributed by atoms with Crippen LogP contribution in [0, 0.1) is 5.82 Å². The monoisotopic (exact) mass is 301 g/mol. The first-order valence-corrected chi connectivity index (χ1v) is 7.35. The van der Waals surface area contributed by atoms with Crippen LogP contribution in [0.4, 0.5) is 10.1 Å². The van der Waals surface area contributed by atoms with Gasteiger partial charge in [-0.3, -0.25) is 4.72 Å². The van der Waals surface area contributed by atoms with Gasteiger partial charge >= 0.3 is 5.97 Å². The molecule has 5 nitrogen and oxygen atoms in total. The summed E-state index contributed by atoms with van der Waals surface area (Å²) in [4.78, 5) is 10.7. The molecule has 0 unspecified atom stereocenters. The molecule has 1 aromatic carbocycles. The number of aromatic carboxylic acids is 1. The van der Waals surface area contributed by atoms with Gasteiger partial charge in [0.05, 0.1) is 11.3 Å². The van der Waals surface area contributed by atoms with E-state index in [2.05, 4.69) is 4.72 Å². The fourth-order valence-electron chi connectivity index (χ4n) is 1.31. The van der Waals surface area contributed by atoms with Crippen molar-refractivity contribution >= 4 is 33.0 Å². The number of hydrogen-bond acceptors (Lipinski definition) is 4. The first-order valence-electron chi connectivity index (χ1n) is 4.99. The number of nitrogens with one attached hydrogen (secondary N) is 1. The van der Waals surface area contributed by atoms with Crippen molar-refractivity contribution in [2.24, 2.45) is 0 Å².